The molecular weight excluding hydrogens is 607 g/mol. The Morgan fingerprint density at radius 1 is 0.700 bits per heavy atom. The summed E-state index contributed by atoms with van der Waals surface area (Å²) in [6.45, 7) is 5.20. The van der Waals surface area contributed by atoms with Gasteiger partial charge in [-0.15, -0.1) is 0 Å². The van der Waals surface area contributed by atoms with E-state index in [0.29, 0.717) is 5.92 Å². The summed E-state index contributed by atoms with van der Waals surface area (Å²) >= 11 is 0. The normalized spacial score (nSPS) is 14.5. The highest BCUT2D eigenvalue weighted by Gasteiger charge is 2.22. The van der Waals surface area contributed by atoms with E-state index in [4.69, 9.17) is 9.97 Å². The molecule has 0 saturated carbocycles. The van der Waals surface area contributed by atoms with Gasteiger partial charge in [-0.05, 0) is 59.4 Å². The number of aromatic nitrogens is 3. The largest absolute Gasteiger partial charge is 0.320 e. The van der Waals surface area contributed by atoms with Crippen molar-refractivity contribution in [2.45, 2.75) is 52.5 Å². The highest BCUT2D eigenvalue weighted by Crippen LogP contribution is 2.40. The summed E-state index contributed by atoms with van der Waals surface area (Å²) in [4.78, 5) is 10.4. The molecule has 7 aromatic rings. The maximum absolute atomic E-state index is 5.37. The fourth-order valence-corrected chi connectivity index (χ4v) is 7.50. The molecule has 1 aliphatic carbocycles. The Morgan fingerprint density at radius 3 is 2.22 bits per heavy atom. The minimum atomic E-state index is 0.552. The van der Waals surface area contributed by atoms with Crippen LogP contribution in [-0.4, -0.2) is 14.5 Å². The topological polar surface area (TPSA) is 30.7 Å². The average Bonchev–Trinajstić information content (AvgIpc) is 3.54. The Hall–Kier alpha value is -5.54. The Kier molecular flexibility index (Phi) is 8.96. The SMILES string of the molecule is CC/C=C\C=C/Cn1c(-c2ccc(-c3ccc(-c4c5c(nc6c4ccc4ccccc46)CC(CCCC)C=C5)cc3)cc2)nc2ccccc21. The van der Waals surface area contributed by atoms with E-state index >= 15 is 0 Å². The summed E-state index contributed by atoms with van der Waals surface area (Å²) in [5.41, 5.74) is 11.8. The molecule has 3 heteroatoms. The molecule has 0 saturated heterocycles. The maximum Gasteiger partial charge on any atom is 0.141 e. The number of pyridine rings is 1. The number of nitrogens with zero attached hydrogens (tertiary/aromatic N) is 3. The summed E-state index contributed by atoms with van der Waals surface area (Å²) in [7, 11) is 0. The first-order valence-corrected chi connectivity index (χ1v) is 18.2. The lowest BCUT2D eigenvalue weighted by Gasteiger charge is -2.23. The highest BCUT2D eigenvalue weighted by molar-refractivity contribution is 6.11. The van der Waals surface area contributed by atoms with Gasteiger partial charge in [0.1, 0.15) is 5.82 Å². The first-order chi connectivity index (χ1) is 24.7. The molecule has 5 aromatic carbocycles. The van der Waals surface area contributed by atoms with Gasteiger partial charge in [0.25, 0.3) is 0 Å². The number of allylic oxidation sites excluding steroid dienone is 5. The number of benzene rings is 5. The summed E-state index contributed by atoms with van der Waals surface area (Å²) < 4.78 is 2.30. The third kappa shape index (κ3) is 6.09. The molecule has 1 atom stereocenters. The molecule has 0 N–H and O–H groups in total. The molecule has 0 radical (unpaired) electrons. The van der Waals surface area contributed by atoms with Gasteiger partial charge in [-0.3, -0.25) is 4.98 Å². The Bertz CT molecular complexity index is 2390. The number of unbranched alkanes of at least 4 members (excludes halogenated alkanes) is 1. The number of rotatable bonds is 10. The second-order valence-corrected chi connectivity index (χ2v) is 13.4. The zero-order chi connectivity index (χ0) is 33.9. The van der Waals surface area contributed by atoms with Crippen molar-refractivity contribution in [3.8, 4) is 33.6 Å². The van der Waals surface area contributed by atoms with Crippen LogP contribution in [0.1, 0.15) is 50.8 Å². The number of imidazole rings is 1. The Balaban J connectivity index is 1.14. The van der Waals surface area contributed by atoms with Crippen molar-refractivity contribution in [2.24, 2.45) is 5.92 Å². The zero-order valence-corrected chi connectivity index (χ0v) is 29.0. The van der Waals surface area contributed by atoms with Gasteiger partial charge < -0.3 is 4.57 Å². The Morgan fingerprint density at radius 2 is 1.42 bits per heavy atom. The molecule has 50 heavy (non-hydrogen) atoms. The van der Waals surface area contributed by atoms with Crippen molar-refractivity contribution in [1.29, 1.82) is 0 Å². The van der Waals surface area contributed by atoms with Crippen molar-refractivity contribution in [3.63, 3.8) is 0 Å². The van der Waals surface area contributed by atoms with E-state index in [2.05, 4.69) is 164 Å². The van der Waals surface area contributed by atoms with Gasteiger partial charge in [-0.2, -0.15) is 0 Å². The number of hydrogen-bond donors (Lipinski definition) is 0. The fourth-order valence-electron chi connectivity index (χ4n) is 7.50. The monoisotopic (exact) mass is 649 g/mol. The molecule has 2 heterocycles. The molecule has 0 spiro atoms. The van der Waals surface area contributed by atoms with Gasteiger partial charge in [0.15, 0.2) is 0 Å². The predicted molar refractivity (Wildman–Crippen MR) is 213 cm³/mol. The van der Waals surface area contributed by atoms with Gasteiger partial charge in [0, 0.05) is 39.7 Å². The maximum atomic E-state index is 5.37. The van der Waals surface area contributed by atoms with Gasteiger partial charge >= 0.3 is 0 Å². The molecule has 1 unspecified atom stereocenters. The quantitative estimate of drug-likeness (QED) is 0.109. The predicted octanol–water partition coefficient (Wildman–Crippen LogP) is 12.6. The molecule has 246 valence electrons. The first kappa shape index (κ1) is 31.7. The molecule has 1 aliphatic rings. The third-order valence-electron chi connectivity index (χ3n) is 10.1. The summed E-state index contributed by atoms with van der Waals surface area (Å²) in [6.07, 6.45) is 19.1. The Labute approximate surface area is 295 Å². The van der Waals surface area contributed by atoms with Crippen molar-refractivity contribution in [2.75, 3.05) is 0 Å². The van der Waals surface area contributed by atoms with Crippen LogP contribution in [-0.2, 0) is 13.0 Å². The van der Waals surface area contributed by atoms with Gasteiger partial charge in [-0.25, -0.2) is 4.98 Å². The van der Waals surface area contributed by atoms with Crippen LogP contribution < -0.4 is 0 Å². The lowest BCUT2D eigenvalue weighted by Crippen LogP contribution is -2.11. The van der Waals surface area contributed by atoms with E-state index in [-0.39, 0.29) is 0 Å². The number of para-hydroxylation sites is 2. The second kappa shape index (κ2) is 14.1. The molecule has 0 bridgehead atoms. The van der Waals surface area contributed by atoms with Crippen LogP contribution >= 0.6 is 0 Å². The van der Waals surface area contributed by atoms with E-state index in [0.717, 1.165) is 47.3 Å². The average molecular weight is 650 g/mol. The van der Waals surface area contributed by atoms with Gasteiger partial charge in [-0.1, -0.05) is 160 Å². The molecule has 2 aromatic heterocycles. The highest BCUT2D eigenvalue weighted by atomic mass is 15.1. The molecule has 3 nitrogen and oxygen atoms in total. The zero-order valence-electron chi connectivity index (χ0n) is 29.0. The molecule has 8 rings (SSSR count). The van der Waals surface area contributed by atoms with Crippen molar-refractivity contribution in [3.05, 3.63) is 151 Å². The van der Waals surface area contributed by atoms with Crippen LogP contribution in [0.2, 0.25) is 0 Å². The van der Waals surface area contributed by atoms with Crippen molar-refractivity contribution < 1.29 is 0 Å². The summed E-state index contributed by atoms with van der Waals surface area (Å²) in [5.74, 6) is 1.54. The van der Waals surface area contributed by atoms with E-state index in [1.165, 1.54) is 68.9 Å². The summed E-state index contributed by atoms with van der Waals surface area (Å²) in [6, 6.07) is 39.6. The second-order valence-electron chi connectivity index (χ2n) is 13.4. The molecule has 0 fully saturated rings. The lowest BCUT2D eigenvalue weighted by atomic mass is 9.84. The minimum Gasteiger partial charge on any atom is -0.320 e. The molecule has 0 aliphatic heterocycles. The smallest absolute Gasteiger partial charge is 0.141 e. The standard InChI is InChI=1S/C47H43N3/c1-3-5-7-8-13-31-50-44-18-12-11-17-42(44)49-47(50)38-26-22-35(23-27-38)34-20-24-37(25-21-34)45-40-29-19-33(14-6-4-2)32-43(40)48-46-39-16-10-9-15-36(39)28-30-41(45)46/h5,7-13,15-30,33H,3-4,6,14,31-32H2,1-2H3/b7-5-,13-8-. The van der Waals surface area contributed by atoms with Crippen molar-refractivity contribution in [1.82, 2.24) is 14.5 Å². The van der Waals surface area contributed by atoms with Crippen LogP contribution in [0.15, 0.2) is 140 Å². The van der Waals surface area contributed by atoms with Gasteiger partial charge in [0.05, 0.1) is 16.6 Å². The van der Waals surface area contributed by atoms with E-state index < -0.39 is 0 Å². The van der Waals surface area contributed by atoms with Crippen LogP contribution in [0.3, 0.4) is 0 Å². The minimum absolute atomic E-state index is 0.552. The first-order valence-electron chi connectivity index (χ1n) is 18.2. The summed E-state index contributed by atoms with van der Waals surface area (Å²) in [5, 5.41) is 3.68. The van der Waals surface area contributed by atoms with Gasteiger partial charge in [0.2, 0.25) is 0 Å². The van der Waals surface area contributed by atoms with E-state index in [1.54, 1.807) is 0 Å². The van der Waals surface area contributed by atoms with Crippen LogP contribution in [0.5, 0.6) is 0 Å². The molecular formula is C47H43N3. The van der Waals surface area contributed by atoms with Crippen LogP contribution in [0, 0.1) is 5.92 Å². The van der Waals surface area contributed by atoms with E-state index in [1.807, 2.05) is 0 Å². The fraction of sp³-hybridized carbons (Fsp3) is 0.191. The lowest BCUT2D eigenvalue weighted by molar-refractivity contribution is 0.545. The van der Waals surface area contributed by atoms with Crippen LogP contribution in [0.4, 0.5) is 0 Å². The number of fused-ring (bicyclic) bond motifs is 5. The van der Waals surface area contributed by atoms with Crippen molar-refractivity contribution >= 4 is 38.8 Å². The van der Waals surface area contributed by atoms with Crippen LogP contribution in [0.25, 0.3) is 72.4 Å². The molecule has 0 amide bonds. The number of hydrogen-bond acceptors (Lipinski definition) is 2. The van der Waals surface area contributed by atoms with E-state index in [9.17, 15) is 0 Å². The third-order valence-corrected chi connectivity index (χ3v) is 10.1.